The molecule has 100 valence electrons. The van der Waals surface area contributed by atoms with Crippen LogP contribution < -0.4 is 0 Å². The number of Topliss-reactive ketones (excluding diaryl/α,β-unsaturated/α-hetero) is 1. The topological polar surface area (TPSA) is 39.2 Å². The average molecular weight is 275 g/mol. The molecule has 0 aliphatic rings. The van der Waals surface area contributed by atoms with Crippen molar-refractivity contribution in [1.29, 1.82) is 0 Å². The van der Waals surface area contributed by atoms with Crippen molar-refractivity contribution in [3.63, 3.8) is 0 Å². The minimum atomic E-state index is -0.316. The molecule has 4 heteroatoms. The number of thiazole rings is 1. The average Bonchev–Trinajstić information content (AvgIpc) is 2.89. The Bertz CT molecular complexity index is 532. The summed E-state index contributed by atoms with van der Waals surface area (Å²) in [5, 5.41) is 2.84. The highest BCUT2D eigenvalue weighted by atomic mass is 32.1. The number of methoxy groups -OCH3 is 1. The number of hydrogen-bond acceptors (Lipinski definition) is 4. The van der Waals surface area contributed by atoms with Crippen LogP contribution in [0.5, 0.6) is 0 Å². The summed E-state index contributed by atoms with van der Waals surface area (Å²) in [7, 11) is 1.57. The maximum absolute atomic E-state index is 12.0. The first kappa shape index (κ1) is 13.9. The third-order valence-corrected chi connectivity index (χ3v) is 3.81. The highest BCUT2D eigenvalue weighted by molar-refractivity contribution is 7.10. The van der Waals surface area contributed by atoms with Crippen LogP contribution >= 0.6 is 11.3 Å². The molecule has 0 amide bonds. The number of carbonyl (C=O) groups excluding carboxylic acids is 1. The zero-order chi connectivity index (χ0) is 13.7. The van der Waals surface area contributed by atoms with E-state index < -0.39 is 0 Å². The van der Waals surface area contributed by atoms with Crippen LogP contribution in [-0.4, -0.2) is 24.0 Å². The normalized spacial score (nSPS) is 12.3. The predicted octanol–water partition coefficient (Wildman–Crippen LogP) is 3.35. The maximum atomic E-state index is 12.0. The molecule has 1 unspecified atom stereocenters. The number of ketones is 1. The van der Waals surface area contributed by atoms with Crippen molar-refractivity contribution in [3.8, 4) is 11.3 Å². The molecule has 0 radical (unpaired) electrons. The third-order valence-electron chi connectivity index (χ3n) is 2.96. The van der Waals surface area contributed by atoms with Crippen LogP contribution in [0.2, 0.25) is 0 Å². The van der Waals surface area contributed by atoms with E-state index in [1.807, 2.05) is 42.6 Å². The lowest BCUT2D eigenvalue weighted by Crippen LogP contribution is -2.23. The van der Waals surface area contributed by atoms with Gasteiger partial charge in [0.05, 0.1) is 12.1 Å². The fourth-order valence-electron chi connectivity index (χ4n) is 1.92. The first-order chi connectivity index (χ1) is 9.24. The van der Waals surface area contributed by atoms with Gasteiger partial charge in [0, 0.05) is 18.1 Å². The Kier molecular flexibility index (Phi) is 4.82. The largest absolute Gasteiger partial charge is 0.374 e. The molecule has 2 aromatic rings. The summed E-state index contributed by atoms with van der Waals surface area (Å²) in [5.74, 6) is 0.0963. The Balaban J connectivity index is 2.08. The molecule has 19 heavy (non-hydrogen) atoms. The lowest BCUT2D eigenvalue weighted by Gasteiger charge is -2.09. The van der Waals surface area contributed by atoms with Crippen molar-refractivity contribution < 1.29 is 9.53 Å². The van der Waals surface area contributed by atoms with Gasteiger partial charge in [-0.25, -0.2) is 4.98 Å². The van der Waals surface area contributed by atoms with Crippen LogP contribution in [-0.2, 0) is 16.0 Å². The van der Waals surface area contributed by atoms with E-state index in [-0.39, 0.29) is 11.9 Å². The highest BCUT2D eigenvalue weighted by Crippen LogP contribution is 2.22. The van der Waals surface area contributed by atoms with E-state index in [0.717, 1.165) is 16.3 Å². The molecule has 3 nitrogen and oxygen atoms in total. The molecular weight excluding hydrogens is 258 g/mol. The molecule has 2 rings (SSSR count). The molecule has 0 saturated carbocycles. The van der Waals surface area contributed by atoms with Crippen molar-refractivity contribution in [2.24, 2.45) is 0 Å². The number of ether oxygens (including phenoxy) is 1. The second-order valence-electron chi connectivity index (χ2n) is 4.27. The summed E-state index contributed by atoms with van der Waals surface area (Å²) in [6.45, 7) is 1.95. The van der Waals surface area contributed by atoms with E-state index >= 15 is 0 Å². The van der Waals surface area contributed by atoms with Crippen LogP contribution in [0.4, 0.5) is 0 Å². The first-order valence-corrected chi connectivity index (χ1v) is 7.18. The summed E-state index contributed by atoms with van der Waals surface area (Å²) in [5.41, 5.74) is 2.01. The van der Waals surface area contributed by atoms with E-state index in [4.69, 9.17) is 4.74 Å². The molecule has 0 saturated heterocycles. The zero-order valence-electron chi connectivity index (χ0n) is 11.1. The maximum Gasteiger partial charge on any atom is 0.168 e. The SMILES string of the molecule is CCC(OC)C(=O)Cc1nc(-c2ccccc2)cs1. The molecule has 0 spiro atoms. The monoisotopic (exact) mass is 275 g/mol. The Morgan fingerprint density at radius 2 is 2.11 bits per heavy atom. The fourth-order valence-corrected chi connectivity index (χ4v) is 2.74. The number of hydrogen-bond donors (Lipinski definition) is 0. The number of rotatable bonds is 6. The van der Waals surface area contributed by atoms with Gasteiger partial charge in [0.2, 0.25) is 0 Å². The summed E-state index contributed by atoms with van der Waals surface area (Å²) < 4.78 is 5.15. The Labute approximate surface area is 117 Å². The van der Waals surface area contributed by atoms with Gasteiger partial charge in [-0.1, -0.05) is 37.3 Å². The predicted molar refractivity (Wildman–Crippen MR) is 77.3 cm³/mol. The summed E-state index contributed by atoms with van der Waals surface area (Å²) >= 11 is 1.52. The number of carbonyl (C=O) groups is 1. The molecular formula is C15H17NO2S. The molecule has 0 N–H and O–H groups in total. The van der Waals surface area contributed by atoms with Crippen molar-refractivity contribution >= 4 is 17.1 Å². The van der Waals surface area contributed by atoms with Gasteiger partial charge in [-0.2, -0.15) is 0 Å². The van der Waals surface area contributed by atoms with Gasteiger partial charge in [-0.15, -0.1) is 11.3 Å². The quantitative estimate of drug-likeness (QED) is 0.811. The van der Waals surface area contributed by atoms with Crippen LogP contribution in [0.15, 0.2) is 35.7 Å². The van der Waals surface area contributed by atoms with Gasteiger partial charge in [0.15, 0.2) is 5.78 Å². The summed E-state index contributed by atoms with van der Waals surface area (Å²) in [4.78, 5) is 16.5. The molecule has 1 aromatic heterocycles. The van der Waals surface area contributed by atoms with Crippen LogP contribution in [0.1, 0.15) is 18.4 Å². The minimum absolute atomic E-state index is 0.0963. The van der Waals surface area contributed by atoms with Gasteiger partial charge < -0.3 is 4.74 Å². The van der Waals surface area contributed by atoms with Crippen LogP contribution in [0.25, 0.3) is 11.3 Å². The van der Waals surface area contributed by atoms with Gasteiger partial charge >= 0.3 is 0 Å². The third kappa shape index (κ3) is 3.49. The van der Waals surface area contributed by atoms with E-state index in [9.17, 15) is 4.79 Å². The summed E-state index contributed by atoms with van der Waals surface area (Å²) in [6, 6.07) is 9.98. The molecule has 1 atom stereocenters. The van der Waals surface area contributed by atoms with Crippen LogP contribution in [0.3, 0.4) is 0 Å². The number of aromatic nitrogens is 1. The molecule has 0 aliphatic carbocycles. The van der Waals surface area contributed by atoms with Gasteiger partial charge in [-0.05, 0) is 6.42 Å². The Morgan fingerprint density at radius 3 is 2.74 bits per heavy atom. The van der Waals surface area contributed by atoms with Crippen molar-refractivity contribution in [2.75, 3.05) is 7.11 Å². The summed E-state index contributed by atoms with van der Waals surface area (Å²) in [6.07, 6.45) is 0.736. The second-order valence-corrected chi connectivity index (χ2v) is 5.21. The lowest BCUT2D eigenvalue weighted by molar-refractivity contribution is -0.128. The molecule has 0 bridgehead atoms. The minimum Gasteiger partial charge on any atom is -0.374 e. The fraction of sp³-hybridized carbons (Fsp3) is 0.333. The zero-order valence-corrected chi connectivity index (χ0v) is 11.9. The number of benzene rings is 1. The van der Waals surface area contributed by atoms with E-state index in [1.54, 1.807) is 7.11 Å². The smallest absolute Gasteiger partial charge is 0.168 e. The molecule has 1 aromatic carbocycles. The molecule has 0 fully saturated rings. The van der Waals surface area contributed by atoms with E-state index in [0.29, 0.717) is 12.8 Å². The van der Waals surface area contributed by atoms with Crippen LogP contribution in [0, 0.1) is 0 Å². The van der Waals surface area contributed by atoms with Gasteiger partial charge in [0.25, 0.3) is 0 Å². The molecule has 1 heterocycles. The Morgan fingerprint density at radius 1 is 1.37 bits per heavy atom. The molecule has 0 aliphatic heterocycles. The number of nitrogens with zero attached hydrogens (tertiary/aromatic N) is 1. The highest BCUT2D eigenvalue weighted by Gasteiger charge is 2.17. The van der Waals surface area contributed by atoms with Gasteiger partial charge in [0.1, 0.15) is 11.1 Å². The second kappa shape index (κ2) is 6.59. The lowest BCUT2D eigenvalue weighted by atomic mass is 10.1. The van der Waals surface area contributed by atoms with E-state index in [1.165, 1.54) is 11.3 Å². The Hall–Kier alpha value is -1.52. The first-order valence-electron chi connectivity index (χ1n) is 6.30. The standard InChI is InChI=1S/C15H17NO2S/c1-3-14(18-2)13(17)9-15-16-12(10-19-15)11-7-5-4-6-8-11/h4-8,10,14H,3,9H2,1-2H3. The van der Waals surface area contributed by atoms with Gasteiger partial charge in [-0.3, -0.25) is 4.79 Å². The van der Waals surface area contributed by atoms with Crippen molar-refractivity contribution in [1.82, 2.24) is 4.98 Å². The van der Waals surface area contributed by atoms with Crippen molar-refractivity contribution in [2.45, 2.75) is 25.9 Å². The van der Waals surface area contributed by atoms with Crippen molar-refractivity contribution in [3.05, 3.63) is 40.7 Å². The van der Waals surface area contributed by atoms with E-state index in [2.05, 4.69) is 4.98 Å².